The lowest BCUT2D eigenvalue weighted by atomic mass is 10.0. The van der Waals surface area contributed by atoms with Gasteiger partial charge >= 0.3 is 12.3 Å². The van der Waals surface area contributed by atoms with Crippen molar-refractivity contribution in [2.75, 3.05) is 18.4 Å². The fraction of sp³-hybridized carbons (Fsp3) is 0.263. The average molecular weight is 421 g/mol. The van der Waals surface area contributed by atoms with Crippen LogP contribution in [0.4, 0.5) is 28.2 Å². The van der Waals surface area contributed by atoms with Gasteiger partial charge in [0.25, 0.3) is 0 Å². The van der Waals surface area contributed by atoms with Crippen LogP contribution < -0.4 is 5.32 Å². The highest BCUT2D eigenvalue weighted by Gasteiger charge is 2.36. The fourth-order valence-electron chi connectivity index (χ4n) is 3.35. The minimum Gasteiger partial charge on any atom is -0.465 e. The molecule has 0 saturated carbocycles. The van der Waals surface area contributed by atoms with Crippen molar-refractivity contribution in [3.63, 3.8) is 0 Å². The number of carboxylic acid groups (broad SMARTS) is 1. The second-order valence-corrected chi connectivity index (χ2v) is 6.80. The Bertz CT molecular complexity index is 1090. The van der Waals surface area contributed by atoms with Crippen molar-refractivity contribution in [2.45, 2.75) is 18.4 Å². The van der Waals surface area contributed by atoms with E-state index in [-0.39, 0.29) is 18.9 Å². The predicted molar refractivity (Wildman–Crippen MR) is 99.7 cm³/mol. The number of anilines is 1. The minimum absolute atomic E-state index is 0.0550. The molecule has 1 aromatic carbocycles. The third-order valence-corrected chi connectivity index (χ3v) is 4.86. The predicted octanol–water partition coefficient (Wildman–Crippen LogP) is 3.82. The number of nitrogens with zero attached hydrogens (tertiary/aromatic N) is 4. The molecule has 0 radical (unpaired) electrons. The Labute approximate surface area is 167 Å². The Balaban J connectivity index is 1.68. The number of carbonyl (C=O) groups is 1. The molecule has 156 valence electrons. The molecule has 1 fully saturated rings. The number of halogens is 4. The molecule has 7 nitrogen and oxygen atoms in total. The number of benzene rings is 1. The van der Waals surface area contributed by atoms with Crippen LogP contribution in [0.2, 0.25) is 0 Å². The standard InChI is InChI=1S/C19H15F4N5O2/c20-13-8-28(18(29)30)9-14(13)27-17-16-15(24-5-6-25-16)12(7-26-17)10-1-3-11(4-2-10)19(21,22)23/h1-7,13-14H,8-9H2,(H,26,27)(H,29,30)/t13-,14+/m0/s1. The van der Waals surface area contributed by atoms with E-state index in [1.165, 1.54) is 30.7 Å². The summed E-state index contributed by atoms with van der Waals surface area (Å²) >= 11 is 0. The van der Waals surface area contributed by atoms with E-state index < -0.39 is 30.0 Å². The maximum Gasteiger partial charge on any atom is 0.416 e. The van der Waals surface area contributed by atoms with Gasteiger partial charge in [-0.05, 0) is 17.7 Å². The van der Waals surface area contributed by atoms with Gasteiger partial charge in [0.15, 0.2) is 5.82 Å². The monoisotopic (exact) mass is 421 g/mol. The van der Waals surface area contributed by atoms with Crippen LogP contribution in [0.1, 0.15) is 5.56 Å². The second kappa shape index (κ2) is 7.39. The number of hydrogen-bond acceptors (Lipinski definition) is 5. The summed E-state index contributed by atoms with van der Waals surface area (Å²) in [4.78, 5) is 24.8. The Morgan fingerprint density at radius 2 is 1.73 bits per heavy atom. The molecule has 2 N–H and O–H groups in total. The lowest BCUT2D eigenvalue weighted by Gasteiger charge is -2.17. The van der Waals surface area contributed by atoms with Gasteiger partial charge in [0.1, 0.15) is 17.2 Å². The van der Waals surface area contributed by atoms with E-state index in [9.17, 15) is 22.4 Å². The van der Waals surface area contributed by atoms with E-state index in [1.807, 2.05) is 0 Å². The maximum absolute atomic E-state index is 14.2. The van der Waals surface area contributed by atoms with Crippen LogP contribution in [-0.2, 0) is 6.18 Å². The average Bonchev–Trinajstić information content (AvgIpc) is 3.08. The summed E-state index contributed by atoms with van der Waals surface area (Å²) in [5.41, 5.74) is 0.835. The van der Waals surface area contributed by atoms with Crippen molar-refractivity contribution in [1.29, 1.82) is 0 Å². The number of rotatable bonds is 3. The summed E-state index contributed by atoms with van der Waals surface area (Å²) in [6.07, 6.45) is -2.82. The van der Waals surface area contributed by atoms with Crippen molar-refractivity contribution < 1.29 is 27.5 Å². The number of aromatic nitrogens is 3. The molecule has 1 aliphatic rings. The lowest BCUT2D eigenvalue weighted by molar-refractivity contribution is -0.137. The first-order valence-electron chi connectivity index (χ1n) is 8.90. The Hall–Kier alpha value is -3.50. The number of fused-ring (bicyclic) bond motifs is 1. The van der Waals surface area contributed by atoms with Gasteiger partial charge in [-0.2, -0.15) is 13.2 Å². The van der Waals surface area contributed by atoms with Crippen molar-refractivity contribution in [3.05, 3.63) is 48.4 Å². The quantitative estimate of drug-likeness (QED) is 0.625. The van der Waals surface area contributed by atoms with E-state index in [1.54, 1.807) is 0 Å². The molecule has 2 atom stereocenters. The smallest absolute Gasteiger partial charge is 0.416 e. The molecule has 0 spiro atoms. The molecule has 0 unspecified atom stereocenters. The number of alkyl halides is 4. The van der Waals surface area contributed by atoms with Gasteiger partial charge in [0, 0.05) is 30.7 Å². The van der Waals surface area contributed by atoms with E-state index in [0.717, 1.165) is 17.0 Å². The summed E-state index contributed by atoms with van der Waals surface area (Å²) in [6, 6.07) is 3.77. The number of likely N-dealkylation sites (tertiary alicyclic amines) is 1. The van der Waals surface area contributed by atoms with Gasteiger partial charge < -0.3 is 15.3 Å². The molecule has 3 aromatic rings. The van der Waals surface area contributed by atoms with Crippen LogP contribution >= 0.6 is 0 Å². The maximum atomic E-state index is 14.2. The summed E-state index contributed by atoms with van der Waals surface area (Å²) < 4.78 is 52.7. The zero-order valence-electron chi connectivity index (χ0n) is 15.3. The van der Waals surface area contributed by atoms with Gasteiger partial charge in [0.2, 0.25) is 0 Å². The van der Waals surface area contributed by atoms with E-state index >= 15 is 0 Å². The van der Waals surface area contributed by atoms with Crippen LogP contribution in [0.3, 0.4) is 0 Å². The number of hydrogen-bond donors (Lipinski definition) is 2. The molecule has 3 heterocycles. The Morgan fingerprint density at radius 3 is 2.33 bits per heavy atom. The molecule has 11 heteroatoms. The molecular weight excluding hydrogens is 406 g/mol. The van der Waals surface area contributed by atoms with E-state index in [2.05, 4.69) is 20.3 Å². The van der Waals surface area contributed by atoms with Crippen molar-refractivity contribution in [1.82, 2.24) is 19.9 Å². The van der Waals surface area contributed by atoms with Crippen molar-refractivity contribution in [2.24, 2.45) is 0 Å². The van der Waals surface area contributed by atoms with Crippen LogP contribution in [-0.4, -0.2) is 56.4 Å². The molecule has 2 aromatic heterocycles. The highest BCUT2D eigenvalue weighted by Crippen LogP contribution is 2.33. The Kier molecular flexibility index (Phi) is 4.88. The summed E-state index contributed by atoms with van der Waals surface area (Å²) in [5.74, 6) is 0.216. The SMILES string of the molecule is O=C(O)N1C[C@H](F)[C@H](Nc2ncc(-c3ccc(C(F)(F)F)cc3)c3nccnc23)C1. The molecule has 1 aliphatic heterocycles. The van der Waals surface area contributed by atoms with Crippen molar-refractivity contribution >= 4 is 22.9 Å². The van der Waals surface area contributed by atoms with Gasteiger partial charge in [0.05, 0.1) is 18.2 Å². The van der Waals surface area contributed by atoms with Crippen LogP contribution in [0, 0.1) is 0 Å². The van der Waals surface area contributed by atoms with Crippen LogP contribution in [0.15, 0.2) is 42.9 Å². The number of pyridine rings is 1. The first kappa shape index (κ1) is 19.8. The van der Waals surface area contributed by atoms with Crippen LogP contribution in [0.25, 0.3) is 22.2 Å². The lowest BCUT2D eigenvalue weighted by Crippen LogP contribution is -2.31. The topological polar surface area (TPSA) is 91.2 Å². The summed E-state index contributed by atoms with van der Waals surface area (Å²) in [5, 5.41) is 11.9. The second-order valence-electron chi connectivity index (χ2n) is 6.80. The minimum atomic E-state index is -4.44. The molecule has 1 amide bonds. The summed E-state index contributed by atoms with van der Waals surface area (Å²) in [6.45, 7) is -0.305. The Morgan fingerprint density at radius 1 is 1.07 bits per heavy atom. The number of nitrogens with one attached hydrogen (secondary N) is 1. The van der Waals surface area contributed by atoms with Gasteiger partial charge in [-0.3, -0.25) is 4.98 Å². The van der Waals surface area contributed by atoms with Crippen LogP contribution in [0.5, 0.6) is 0 Å². The molecule has 0 bridgehead atoms. The first-order chi connectivity index (χ1) is 14.2. The highest BCUT2D eigenvalue weighted by molar-refractivity contribution is 5.96. The molecule has 0 aliphatic carbocycles. The molecular formula is C19H15F4N5O2. The first-order valence-corrected chi connectivity index (χ1v) is 8.90. The van der Waals surface area contributed by atoms with Gasteiger partial charge in [-0.1, -0.05) is 12.1 Å². The zero-order valence-corrected chi connectivity index (χ0v) is 15.3. The normalized spacial score (nSPS) is 19.3. The third-order valence-electron chi connectivity index (χ3n) is 4.86. The molecule has 1 saturated heterocycles. The zero-order chi connectivity index (χ0) is 21.5. The highest BCUT2D eigenvalue weighted by atomic mass is 19.4. The third kappa shape index (κ3) is 3.70. The van der Waals surface area contributed by atoms with Gasteiger partial charge in [-0.25, -0.2) is 19.2 Å². The van der Waals surface area contributed by atoms with E-state index in [4.69, 9.17) is 5.11 Å². The number of amides is 1. The van der Waals surface area contributed by atoms with E-state index in [0.29, 0.717) is 22.2 Å². The fourth-order valence-corrected chi connectivity index (χ4v) is 3.35. The summed E-state index contributed by atoms with van der Waals surface area (Å²) in [7, 11) is 0. The van der Waals surface area contributed by atoms with Crippen molar-refractivity contribution in [3.8, 4) is 11.1 Å². The molecule has 30 heavy (non-hydrogen) atoms. The largest absolute Gasteiger partial charge is 0.465 e. The van der Waals surface area contributed by atoms with Gasteiger partial charge in [-0.15, -0.1) is 0 Å². The molecule has 4 rings (SSSR count).